The molecule has 0 N–H and O–H groups in total. The Kier molecular flexibility index (Phi) is 3.37. The molecule has 0 saturated carbocycles. The Bertz CT molecular complexity index is 292. The summed E-state index contributed by atoms with van der Waals surface area (Å²) in [5.74, 6) is 0. The van der Waals surface area contributed by atoms with E-state index in [-0.39, 0.29) is 5.24 Å². The Morgan fingerprint density at radius 3 is 2.23 bits per heavy atom. The van der Waals surface area contributed by atoms with E-state index in [0.29, 0.717) is 0 Å². The van der Waals surface area contributed by atoms with Gasteiger partial charge in [0.05, 0.1) is 0 Å². The minimum Gasteiger partial charge on any atom is -0.339 e. The molecule has 0 saturated heterocycles. The molecule has 0 aliphatic rings. The van der Waals surface area contributed by atoms with Gasteiger partial charge in [0.15, 0.2) is 0 Å². The van der Waals surface area contributed by atoms with Crippen LogP contribution in [0.3, 0.4) is 0 Å². The maximum Gasteiger partial charge on any atom is 0.285 e. The van der Waals surface area contributed by atoms with Crippen molar-refractivity contribution >= 4 is 17.0 Å². The summed E-state index contributed by atoms with van der Waals surface area (Å²) in [7, 11) is 3.51. The zero-order chi connectivity index (χ0) is 9.84. The van der Waals surface area contributed by atoms with Gasteiger partial charge in [0.2, 0.25) is 0 Å². The summed E-state index contributed by atoms with van der Waals surface area (Å²) in [5.41, 5.74) is 1.21. The Balaban J connectivity index is 2.65. The van der Waals surface area contributed by atoms with Crippen LogP contribution < -0.4 is 0 Å². The van der Waals surface area contributed by atoms with Gasteiger partial charge in [-0.15, -0.1) is 0 Å². The van der Waals surface area contributed by atoms with Gasteiger partial charge in [0.25, 0.3) is 5.24 Å². The van der Waals surface area contributed by atoms with E-state index in [1.54, 1.807) is 19.0 Å². The van der Waals surface area contributed by atoms with Crippen molar-refractivity contribution in [1.29, 1.82) is 0 Å². The SMILES string of the molecule is Cc1ccc(SC(=O)N(C)C)cc1. The predicted octanol–water partition coefficient (Wildman–Crippen LogP) is 2.77. The molecule has 0 aliphatic heterocycles. The lowest BCUT2D eigenvalue weighted by Gasteiger charge is -2.08. The number of thioether (sulfide) groups is 1. The molecule has 2 nitrogen and oxygen atoms in total. The number of carbonyl (C=O) groups excluding carboxylic acids is 1. The van der Waals surface area contributed by atoms with E-state index < -0.39 is 0 Å². The summed E-state index contributed by atoms with van der Waals surface area (Å²) < 4.78 is 0. The fourth-order valence-corrected chi connectivity index (χ4v) is 1.45. The van der Waals surface area contributed by atoms with E-state index >= 15 is 0 Å². The topological polar surface area (TPSA) is 20.3 Å². The third kappa shape index (κ3) is 3.11. The fraction of sp³-hybridized carbons (Fsp3) is 0.300. The molecule has 1 aromatic rings. The summed E-state index contributed by atoms with van der Waals surface area (Å²) >= 11 is 1.25. The van der Waals surface area contributed by atoms with Gasteiger partial charge in [0, 0.05) is 19.0 Å². The van der Waals surface area contributed by atoms with E-state index in [4.69, 9.17) is 0 Å². The van der Waals surface area contributed by atoms with Gasteiger partial charge in [-0.3, -0.25) is 4.79 Å². The second-order valence-corrected chi connectivity index (χ2v) is 4.10. The molecule has 1 rings (SSSR count). The van der Waals surface area contributed by atoms with Crippen LogP contribution in [-0.2, 0) is 0 Å². The molecule has 0 aliphatic carbocycles. The number of hydrogen-bond acceptors (Lipinski definition) is 2. The molecule has 1 amide bonds. The Morgan fingerprint density at radius 2 is 1.77 bits per heavy atom. The van der Waals surface area contributed by atoms with Crippen LogP contribution in [0.1, 0.15) is 5.56 Å². The van der Waals surface area contributed by atoms with Crippen LogP contribution in [0.15, 0.2) is 29.2 Å². The maximum absolute atomic E-state index is 11.3. The number of hydrogen-bond donors (Lipinski definition) is 0. The van der Waals surface area contributed by atoms with Crippen molar-refractivity contribution in [1.82, 2.24) is 4.90 Å². The van der Waals surface area contributed by atoms with Gasteiger partial charge in [-0.25, -0.2) is 0 Å². The van der Waals surface area contributed by atoms with Crippen LogP contribution in [0.2, 0.25) is 0 Å². The lowest BCUT2D eigenvalue weighted by atomic mass is 10.2. The van der Waals surface area contributed by atoms with Gasteiger partial charge in [-0.2, -0.15) is 0 Å². The molecular weight excluding hydrogens is 182 g/mol. The Hall–Kier alpha value is -0.960. The first-order valence-corrected chi connectivity index (χ1v) is 4.87. The van der Waals surface area contributed by atoms with Crippen molar-refractivity contribution in [2.24, 2.45) is 0 Å². The lowest BCUT2D eigenvalue weighted by Crippen LogP contribution is -2.15. The molecule has 0 atom stereocenters. The van der Waals surface area contributed by atoms with Crippen molar-refractivity contribution in [3.05, 3.63) is 29.8 Å². The first-order valence-electron chi connectivity index (χ1n) is 4.05. The third-order valence-electron chi connectivity index (χ3n) is 1.59. The lowest BCUT2D eigenvalue weighted by molar-refractivity contribution is 0.241. The zero-order valence-electron chi connectivity index (χ0n) is 8.07. The highest BCUT2D eigenvalue weighted by atomic mass is 32.2. The smallest absolute Gasteiger partial charge is 0.285 e. The quantitative estimate of drug-likeness (QED) is 0.642. The van der Waals surface area contributed by atoms with Gasteiger partial charge >= 0.3 is 0 Å². The summed E-state index contributed by atoms with van der Waals surface area (Å²) in [6.07, 6.45) is 0. The van der Waals surface area contributed by atoms with Crippen LogP contribution in [0.4, 0.5) is 4.79 Å². The minimum atomic E-state index is 0.0591. The summed E-state index contributed by atoms with van der Waals surface area (Å²) in [4.78, 5) is 13.9. The van der Waals surface area contributed by atoms with Crippen molar-refractivity contribution in [2.75, 3.05) is 14.1 Å². The molecule has 3 heteroatoms. The Morgan fingerprint density at radius 1 is 1.23 bits per heavy atom. The number of carbonyl (C=O) groups is 1. The van der Waals surface area contributed by atoms with E-state index in [9.17, 15) is 4.79 Å². The van der Waals surface area contributed by atoms with E-state index in [2.05, 4.69) is 0 Å². The Labute approximate surface area is 82.9 Å². The average molecular weight is 195 g/mol. The number of nitrogens with zero attached hydrogens (tertiary/aromatic N) is 1. The summed E-state index contributed by atoms with van der Waals surface area (Å²) in [6, 6.07) is 7.93. The molecule has 70 valence electrons. The number of amides is 1. The molecule has 1 aromatic carbocycles. The molecule has 0 fully saturated rings. The van der Waals surface area contributed by atoms with Crippen LogP contribution in [-0.4, -0.2) is 24.2 Å². The van der Waals surface area contributed by atoms with Crippen LogP contribution in [0.25, 0.3) is 0 Å². The highest BCUT2D eigenvalue weighted by Crippen LogP contribution is 2.20. The first-order chi connectivity index (χ1) is 6.09. The molecule has 0 spiro atoms. The second kappa shape index (κ2) is 4.33. The number of benzene rings is 1. The van der Waals surface area contributed by atoms with Crippen LogP contribution in [0.5, 0.6) is 0 Å². The zero-order valence-corrected chi connectivity index (χ0v) is 8.89. The van der Waals surface area contributed by atoms with Crippen molar-refractivity contribution in [2.45, 2.75) is 11.8 Å². The van der Waals surface area contributed by atoms with Gasteiger partial charge in [-0.1, -0.05) is 17.7 Å². The second-order valence-electron chi connectivity index (χ2n) is 3.08. The molecule has 0 unspecified atom stereocenters. The summed E-state index contributed by atoms with van der Waals surface area (Å²) in [5, 5.41) is 0.0591. The van der Waals surface area contributed by atoms with Crippen molar-refractivity contribution in [3.63, 3.8) is 0 Å². The average Bonchev–Trinajstić information content (AvgIpc) is 2.08. The van der Waals surface area contributed by atoms with E-state index in [1.807, 2.05) is 31.2 Å². The monoisotopic (exact) mass is 195 g/mol. The van der Waals surface area contributed by atoms with Gasteiger partial charge in [0.1, 0.15) is 0 Å². The molecule has 0 radical (unpaired) electrons. The molecule has 0 aromatic heterocycles. The third-order valence-corrected chi connectivity index (χ3v) is 2.64. The minimum absolute atomic E-state index is 0.0591. The fourth-order valence-electron chi connectivity index (χ4n) is 0.798. The molecule has 0 bridgehead atoms. The molecular formula is C10H13NOS. The van der Waals surface area contributed by atoms with Crippen molar-refractivity contribution < 1.29 is 4.79 Å². The largest absolute Gasteiger partial charge is 0.339 e. The standard InChI is InChI=1S/C10H13NOS/c1-8-4-6-9(7-5-8)13-10(12)11(2)3/h4-7H,1-3H3. The van der Waals surface area contributed by atoms with Crippen LogP contribution >= 0.6 is 11.8 Å². The van der Waals surface area contributed by atoms with E-state index in [1.165, 1.54) is 17.3 Å². The van der Waals surface area contributed by atoms with E-state index in [0.717, 1.165) is 4.90 Å². The first kappa shape index (κ1) is 10.1. The van der Waals surface area contributed by atoms with Gasteiger partial charge < -0.3 is 4.90 Å². The van der Waals surface area contributed by atoms with Crippen molar-refractivity contribution in [3.8, 4) is 0 Å². The molecule has 13 heavy (non-hydrogen) atoms. The highest BCUT2D eigenvalue weighted by molar-refractivity contribution is 8.13. The molecule has 0 heterocycles. The van der Waals surface area contributed by atoms with Gasteiger partial charge in [-0.05, 0) is 30.8 Å². The number of rotatable bonds is 1. The maximum atomic E-state index is 11.3. The number of aryl methyl sites for hydroxylation is 1. The van der Waals surface area contributed by atoms with Crippen LogP contribution in [0, 0.1) is 6.92 Å². The highest BCUT2D eigenvalue weighted by Gasteiger charge is 2.05. The summed E-state index contributed by atoms with van der Waals surface area (Å²) in [6.45, 7) is 2.03. The predicted molar refractivity (Wildman–Crippen MR) is 56.1 cm³/mol. The normalized spacial score (nSPS) is 9.77.